The van der Waals surface area contributed by atoms with Crippen LogP contribution in [0.3, 0.4) is 0 Å². The lowest BCUT2D eigenvalue weighted by atomic mass is 10.1. The van der Waals surface area contributed by atoms with Crippen LogP contribution in [0.5, 0.6) is 0 Å². The molecule has 0 unspecified atom stereocenters. The molecule has 1 fully saturated rings. The van der Waals surface area contributed by atoms with Crippen LogP contribution in [0.25, 0.3) is 17.0 Å². The first-order valence-corrected chi connectivity index (χ1v) is 9.54. The number of anilines is 1. The third kappa shape index (κ3) is 3.11. The monoisotopic (exact) mass is 393 g/mol. The molecule has 0 aliphatic carbocycles. The standard InChI is InChI=1S/C21H15NO3S2/c1-12-7-8-15(9-13(12)2)22-20(24)18(27-21(22)26)10-14-11-25-17-6-4-3-5-16(17)19(14)23/h3-11H,1-2H3/b18-10-. The van der Waals surface area contributed by atoms with Crippen LogP contribution in [0.15, 0.2) is 62.8 Å². The van der Waals surface area contributed by atoms with E-state index in [1.165, 1.54) is 22.9 Å². The van der Waals surface area contributed by atoms with Crippen molar-refractivity contribution in [3.05, 3.63) is 80.5 Å². The summed E-state index contributed by atoms with van der Waals surface area (Å²) in [6.07, 6.45) is 2.94. The van der Waals surface area contributed by atoms with E-state index in [0.29, 0.717) is 25.8 Å². The molecule has 2 heterocycles. The summed E-state index contributed by atoms with van der Waals surface area (Å²) in [5.41, 5.74) is 3.63. The molecule has 3 aromatic rings. The maximum Gasteiger partial charge on any atom is 0.270 e. The summed E-state index contributed by atoms with van der Waals surface area (Å²) in [6, 6.07) is 12.8. The topological polar surface area (TPSA) is 50.5 Å². The first kappa shape index (κ1) is 17.7. The molecule has 0 bridgehead atoms. The number of amides is 1. The summed E-state index contributed by atoms with van der Waals surface area (Å²) in [5.74, 6) is -0.235. The number of fused-ring (bicyclic) bond motifs is 1. The fourth-order valence-electron chi connectivity index (χ4n) is 2.89. The largest absolute Gasteiger partial charge is 0.463 e. The number of carbonyl (C=O) groups excluding carboxylic acids is 1. The molecule has 2 aromatic carbocycles. The summed E-state index contributed by atoms with van der Waals surface area (Å²) >= 11 is 6.59. The molecule has 1 saturated heterocycles. The number of hydrogen-bond acceptors (Lipinski definition) is 5. The molecule has 1 amide bonds. The fourth-order valence-corrected chi connectivity index (χ4v) is 4.18. The zero-order chi connectivity index (χ0) is 19.1. The number of aryl methyl sites for hydroxylation is 2. The molecular weight excluding hydrogens is 378 g/mol. The van der Waals surface area contributed by atoms with Crippen molar-refractivity contribution < 1.29 is 9.21 Å². The molecule has 0 N–H and O–H groups in total. The van der Waals surface area contributed by atoms with Gasteiger partial charge in [-0.25, -0.2) is 0 Å². The molecule has 0 saturated carbocycles. The lowest BCUT2D eigenvalue weighted by molar-refractivity contribution is -0.113. The quantitative estimate of drug-likeness (QED) is 0.462. The molecule has 27 heavy (non-hydrogen) atoms. The van der Waals surface area contributed by atoms with E-state index in [-0.39, 0.29) is 11.3 Å². The summed E-state index contributed by atoms with van der Waals surface area (Å²) in [6.45, 7) is 4.01. The number of benzene rings is 2. The van der Waals surface area contributed by atoms with Crippen LogP contribution in [0.4, 0.5) is 5.69 Å². The third-order valence-electron chi connectivity index (χ3n) is 4.54. The lowest BCUT2D eigenvalue weighted by Crippen LogP contribution is -2.27. The van der Waals surface area contributed by atoms with Gasteiger partial charge in [0, 0.05) is 0 Å². The van der Waals surface area contributed by atoms with Gasteiger partial charge in [-0.05, 0) is 55.3 Å². The zero-order valence-electron chi connectivity index (χ0n) is 14.7. The molecule has 6 heteroatoms. The highest BCUT2D eigenvalue weighted by Gasteiger charge is 2.33. The minimum Gasteiger partial charge on any atom is -0.463 e. The van der Waals surface area contributed by atoms with Gasteiger partial charge in [0.15, 0.2) is 9.75 Å². The van der Waals surface area contributed by atoms with Gasteiger partial charge in [-0.1, -0.05) is 42.2 Å². The smallest absolute Gasteiger partial charge is 0.270 e. The van der Waals surface area contributed by atoms with E-state index >= 15 is 0 Å². The zero-order valence-corrected chi connectivity index (χ0v) is 16.3. The van der Waals surface area contributed by atoms with Gasteiger partial charge in [-0.15, -0.1) is 0 Å². The number of hydrogen-bond donors (Lipinski definition) is 0. The Morgan fingerprint density at radius 3 is 2.63 bits per heavy atom. The maximum atomic E-state index is 12.9. The van der Waals surface area contributed by atoms with Gasteiger partial charge in [0.25, 0.3) is 5.91 Å². The second kappa shape index (κ2) is 6.79. The molecule has 0 spiro atoms. The average Bonchev–Trinajstić information content (AvgIpc) is 2.93. The van der Waals surface area contributed by atoms with E-state index in [0.717, 1.165) is 16.8 Å². The van der Waals surface area contributed by atoms with Crippen LogP contribution >= 0.6 is 24.0 Å². The first-order chi connectivity index (χ1) is 13.0. The minimum atomic E-state index is -0.235. The van der Waals surface area contributed by atoms with E-state index < -0.39 is 0 Å². The lowest BCUT2D eigenvalue weighted by Gasteiger charge is -2.15. The summed E-state index contributed by atoms with van der Waals surface area (Å²) < 4.78 is 5.97. The predicted molar refractivity (Wildman–Crippen MR) is 114 cm³/mol. The maximum absolute atomic E-state index is 12.9. The minimum absolute atomic E-state index is 0.173. The Balaban J connectivity index is 1.74. The Labute approximate surface area is 165 Å². The van der Waals surface area contributed by atoms with Crippen molar-refractivity contribution in [3.8, 4) is 0 Å². The molecule has 0 radical (unpaired) electrons. The fraction of sp³-hybridized carbons (Fsp3) is 0.0952. The number of thioether (sulfide) groups is 1. The van der Waals surface area contributed by atoms with Crippen molar-refractivity contribution in [3.63, 3.8) is 0 Å². The molecule has 4 nitrogen and oxygen atoms in total. The van der Waals surface area contributed by atoms with E-state index in [9.17, 15) is 9.59 Å². The van der Waals surface area contributed by atoms with Crippen molar-refractivity contribution >= 4 is 56.9 Å². The van der Waals surface area contributed by atoms with Crippen molar-refractivity contribution in [1.82, 2.24) is 0 Å². The molecule has 0 atom stereocenters. The van der Waals surface area contributed by atoms with Crippen LogP contribution in [0.1, 0.15) is 16.7 Å². The summed E-state index contributed by atoms with van der Waals surface area (Å²) in [4.78, 5) is 27.5. The Morgan fingerprint density at radius 1 is 1.07 bits per heavy atom. The summed E-state index contributed by atoms with van der Waals surface area (Å²) in [5, 5.41) is 0.482. The predicted octanol–water partition coefficient (Wildman–Crippen LogP) is 4.82. The Kier molecular flexibility index (Phi) is 4.45. The highest BCUT2D eigenvalue weighted by Crippen LogP contribution is 2.36. The van der Waals surface area contributed by atoms with E-state index in [2.05, 4.69) is 0 Å². The molecule has 134 valence electrons. The van der Waals surface area contributed by atoms with E-state index in [4.69, 9.17) is 16.6 Å². The van der Waals surface area contributed by atoms with Crippen molar-refractivity contribution in [1.29, 1.82) is 0 Å². The van der Waals surface area contributed by atoms with Gasteiger partial charge >= 0.3 is 0 Å². The highest BCUT2D eigenvalue weighted by atomic mass is 32.2. The Morgan fingerprint density at radius 2 is 1.85 bits per heavy atom. The highest BCUT2D eigenvalue weighted by molar-refractivity contribution is 8.27. The second-order valence-corrected chi connectivity index (χ2v) is 7.98. The second-order valence-electron chi connectivity index (χ2n) is 6.30. The van der Waals surface area contributed by atoms with Crippen LogP contribution in [-0.4, -0.2) is 10.2 Å². The van der Waals surface area contributed by atoms with Gasteiger partial charge in [0.2, 0.25) is 0 Å². The van der Waals surface area contributed by atoms with Gasteiger partial charge in [0.05, 0.1) is 21.5 Å². The van der Waals surface area contributed by atoms with Gasteiger partial charge in [0.1, 0.15) is 11.8 Å². The summed E-state index contributed by atoms with van der Waals surface area (Å²) in [7, 11) is 0. The van der Waals surface area contributed by atoms with Crippen LogP contribution < -0.4 is 10.3 Å². The molecule has 1 aliphatic rings. The van der Waals surface area contributed by atoms with Crippen molar-refractivity contribution in [2.45, 2.75) is 13.8 Å². The normalized spacial score (nSPS) is 15.9. The van der Waals surface area contributed by atoms with Crippen LogP contribution in [-0.2, 0) is 4.79 Å². The molecular formula is C21H15NO3S2. The molecule has 1 aromatic heterocycles. The number of para-hydroxylation sites is 1. The van der Waals surface area contributed by atoms with Crippen LogP contribution in [0, 0.1) is 13.8 Å². The number of rotatable bonds is 2. The van der Waals surface area contributed by atoms with Gasteiger partial charge < -0.3 is 4.42 Å². The number of thiocarbonyl (C=S) groups is 1. The van der Waals surface area contributed by atoms with E-state index in [1.54, 1.807) is 30.3 Å². The number of nitrogens with zero attached hydrogens (tertiary/aromatic N) is 1. The van der Waals surface area contributed by atoms with E-state index in [1.807, 2.05) is 32.0 Å². The Bertz CT molecular complexity index is 1190. The molecule has 1 aliphatic heterocycles. The third-order valence-corrected chi connectivity index (χ3v) is 5.84. The van der Waals surface area contributed by atoms with Gasteiger partial charge in [-0.3, -0.25) is 14.5 Å². The van der Waals surface area contributed by atoms with Gasteiger partial charge in [-0.2, -0.15) is 0 Å². The molecule has 4 rings (SSSR count). The average molecular weight is 393 g/mol. The Hall–Kier alpha value is -2.70. The first-order valence-electron chi connectivity index (χ1n) is 8.31. The van der Waals surface area contributed by atoms with Crippen molar-refractivity contribution in [2.24, 2.45) is 0 Å². The SMILES string of the molecule is Cc1ccc(N2C(=O)/C(=C/c3coc4ccccc4c3=O)SC2=S)cc1C. The van der Waals surface area contributed by atoms with Crippen molar-refractivity contribution in [2.75, 3.05) is 4.90 Å². The number of carbonyl (C=O) groups is 1. The van der Waals surface area contributed by atoms with Crippen LogP contribution in [0.2, 0.25) is 0 Å².